The van der Waals surface area contributed by atoms with Crippen molar-refractivity contribution in [1.82, 2.24) is 5.32 Å². The topological polar surface area (TPSA) is 41.6 Å². The van der Waals surface area contributed by atoms with Gasteiger partial charge in [-0.05, 0) is 35.1 Å². The smallest absolute Gasteiger partial charge is 0.414 e. The van der Waals surface area contributed by atoms with Crippen LogP contribution in [0.2, 0.25) is 0 Å². The van der Waals surface area contributed by atoms with E-state index in [1.807, 2.05) is 31.3 Å². The van der Waals surface area contributed by atoms with Crippen molar-refractivity contribution in [2.45, 2.75) is 6.04 Å². The third-order valence-corrected chi connectivity index (χ3v) is 3.18. The minimum atomic E-state index is -0.285. The van der Waals surface area contributed by atoms with Gasteiger partial charge in [-0.25, -0.2) is 4.79 Å². The zero-order valence-electron chi connectivity index (χ0n) is 8.94. The summed E-state index contributed by atoms with van der Waals surface area (Å²) >= 11 is 3.44. The van der Waals surface area contributed by atoms with E-state index in [-0.39, 0.29) is 12.1 Å². The summed E-state index contributed by atoms with van der Waals surface area (Å²) in [5, 5.41) is 3.06. The van der Waals surface area contributed by atoms with E-state index in [1.54, 1.807) is 4.90 Å². The largest absolute Gasteiger partial charge is 0.447 e. The van der Waals surface area contributed by atoms with Gasteiger partial charge in [0.2, 0.25) is 0 Å². The Kier molecular flexibility index (Phi) is 3.46. The lowest BCUT2D eigenvalue weighted by Crippen LogP contribution is -2.40. The van der Waals surface area contributed by atoms with Gasteiger partial charge < -0.3 is 10.1 Å². The lowest BCUT2D eigenvalue weighted by molar-refractivity contribution is 0.178. The Morgan fingerprint density at radius 1 is 1.56 bits per heavy atom. The highest BCUT2D eigenvalue weighted by atomic mass is 79.9. The normalized spacial score (nSPS) is 20.0. The van der Waals surface area contributed by atoms with Gasteiger partial charge in [-0.3, -0.25) is 4.90 Å². The zero-order chi connectivity index (χ0) is 11.5. The van der Waals surface area contributed by atoms with E-state index in [9.17, 15) is 4.79 Å². The molecule has 1 aromatic carbocycles. The molecule has 0 aromatic heterocycles. The number of carbonyl (C=O) groups excluding carboxylic acids is 1. The number of nitrogens with zero attached hydrogens (tertiary/aromatic N) is 1. The average Bonchev–Trinajstić information content (AvgIpc) is 2.62. The first-order valence-electron chi connectivity index (χ1n) is 5.09. The van der Waals surface area contributed by atoms with Gasteiger partial charge in [0.05, 0.1) is 11.7 Å². The Balaban J connectivity index is 2.30. The monoisotopic (exact) mass is 284 g/mol. The molecule has 1 N–H and O–H groups in total. The number of cyclic esters (lactones) is 1. The fraction of sp³-hybridized carbons (Fsp3) is 0.364. The van der Waals surface area contributed by atoms with Gasteiger partial charge in [-0.1, -0.05) is 12.1 Å². The van der Waals surface area contributed by atoms with E-state index in [0.717, 1.165) is 10.2 Å². The van der Waals surface area contributed by atoms with E-state index < -0.39 is 0 Å². The van der Waals surface area contributed by atoms with E-state index in [0.29, 0.717) is 13.2 Å². The zero-order valence-corrected chi connectivity index (χ0v) is 10.5. The molecule has 1 atom stereocenters. The summed E-state index contributed by atoms with van der Waals surface area (Å²) in [6, 6.07) is 7.69. The van der Waals surface area contributed by atoms with Crippen molar-refractivity contribution < 1.29 is 9.53 Å². The summed E-state index contributed by atoms with van der Waals surface area (Å²) in [7, 11) is 1.86. The molecular formula is C11H13BrN2O2. The molecule has 1 aliphatic heterocycles. The van der Waals surface area contributed by atoms with E-state index >= 15 is 0 Å². The number of amides is 1. The Labute approximate surface area is 103 Å². The number of halogens is 1. The molecule has 1 fully saturated rings. The maximum atomic E-state index is 11.7. The summed E-state index contributed by atoms with van der Waals surface area (Å²) in [5.41, 5.74) is 0.852. The molecule has 5 heteroatoms. The molecule has 1 unspecified atom stereocenters. The number of ether oxygens (including phenoxy) is 1. The van der Waals surface area contributed by atoms with Crippen molar-refractivity contribution in [3.8, 4) is 0 Å². The third kappa shape index (κ3) is 2.05. The van der Waals surface area contributed by atoms with Crippen molar-refractivity contribution in [2.75, 3.05) is 25.1 Å². The molecule has 0 spiro atoms. The summed E-state index contributed by atoms with van der Waals surface area (Å²) in [6.45, 7) is 1.15. The van der Waals surface area contributed by atoms with Crippen molar-refractivity contribution >= 4 is 27.7 Å². The van der Waals surface area contributed by atoms with E-state index in [1.165, 1.54) is 0 Å². The molecule has 86 valence electrons. The number of hydrogen-bond acceptors (Lipinski definition) is 3. The standard InChI is InChI=1S/C11H13BrN2O2/c1-13-6-8-7-16-11(15)14(8)10-5-3-2-4-9(10)12/h2-5,8,13H,6-7H2,1H3. The molecule has 1 saturated heterocycles. The van der Waals surface area contributed by atoms with Crippen LogP contribution in [0.5, 0.6) is 0 Å². The number of benzene rings is 1. The molecule has 16 heavy (non-hydrogen) atoms. The van der Waals surface area contributed by atoms with Crippen LogP contribution in [0.25, 0.3) is 0 Å². The van der Waals surface area contributed by atoms with Crippen molar-refractivity contribution in [3.05, 3.63) is 28.7 Å². The predicted molar refractivity (Wildman–Crippen MR) is 65.7 cm³/mol. The second-order valence-electron chi connectivity index (χ2n) is 3.61. The first kappa shape index (κ1) is 11.4. The van der Waals surface area contributed by atoms with Crippen LogP contribution in [0.4, 0.5) is 10.5 Å². The predicted octanol–water partition coefficient (Wildman–Crippen LogP) is 1.99. The third-order valence-electron chi connectivity index (χ3n) is 2.51. The van der Waals surface area contributed by atoms with Gasteiger partial charge in [-0.15, -0.1) is 0 Å². The van der Waals surface area contributed by atoms with Crippen LogP contribution >= 0.6 is 15.9 Å². The number of anilines is 1. The summed E-state index contributed by atoms with van der Waals surface area (Å²) in [6.07, 6.45) is -0.285. The highest BCUT2D eigenvalue weighted by molar-refractivity contribution is 9.10. The van der Waals surface area contributed by atoms with Crippen molar-refractivity contribution in [1.29, 1.82) is 0 Å². The molecule has 2 rings (SSSR count). The number of hydrogen-bond donors (Lipinski definition) is 1. The molecule has 0 aliphatic carbocycles. The molecule has 1 heterocycles. The quantitative estimate of drug-likeness (QED) is 0.923. The molecule has 0 saturated carbocycles. The van der Waals surface area contributed by atoms with Gasteiger partial charge in [0.25, 0.3) is 0 Å². The van der Waals surface area contributed by atoms with Crippen molar-refractivity contribution in [2.24, 2.45) is 0 Å². The molecule has 1 amide bonds. The average molecular weight is 285 g/mol. The van der Waals surface area contributed by atoms with Gasteiger partial charge in [0.15, 0.2) is 0 Å². The van der Waals surface area contributed by atoms with Gasteiger partial charge in [0, 0.05) is 11.0 Å². The van der Waals surface area contributed by atoms with Crippen LogP contribution < -0.4 is 10.2 Å². The summed E-state index contributed by atoms with van der Waals surface area (Å²) in [4.78, 5) is 13.3. The Hall–Kier alpha value is -1.07. The number of para-hydroxylation sites is 1. The second-order valence-corrected chi connectivity index (χ2v) is 4.46. The minimum Gasteiger partial charge on any atom is -0.447 e. The van der Waals surface area contributed by atoms with Crippen molar-refractivity contribution in [3.63, 3.8) is 0 Å². The highest BCUT2D eigenvalue weighted by Crippen LogP contribution is 2.30. The van der Waals surface area contributed by atoms with Gasteiger partial charge in [0.1, 0.15) is 6.61 Å². The maximum Gasteiger partial charge on any atom is 0.414 e. The Morgan fingerprint density at radius 2 is 2.31 bits per heavy atom. The number of nitrogens with one attached hydrogen (secondary N) is 1. The Bertz CT molecular complexity index is 397. The van der Waals surface area contributed by atoms with Crippen LogP contribution in [-0.2, 0) is 4.74 Å². The summed E-state index contributed by atoms with van der Waals surface area (Å²) in [5.74, 6) is 0. The number of likely N-dealkylation sites (N-methyl/N-ethyl adjacent to an activating group) is 1. The van der Waals surface area contributed by atoms with Crippen LogP contribution in [0.1, 0.15) is 0 Å². The maximum absolute atomic E-state index is 11.7. The number of rotatable bonds is 3. The summed E-state index contributed by atoms with van der Waals surface area (Å²) < 4.78 is 5.96. The fourth-order valence-electron chi connectivity index (χ4n) is 1.79. The minimum absolute atomic E-state index is 0.0520. The Morgan fingerprint density at radius 3 is 3.00 bits per heavy atom. The second kappa shape index (κ2) is 4.84. The fourth-order valence-corrected chi connectivity index (χ4v) is 2.26. The molecule has 0 bridgehead atoms. The first-order valence-corrected chi connectivity index (χ1v) is 5.88. The molecule has 1 aliphatic rings. The van der Waals surface area contributed by atoms with E-state index in [2.05, 4.69) is 21.2 Å². The highest BCUT2D eigenvalue weighted by Gasteiger charge is 2.34. The molecule has 0 radical (unpaired) electrons. The van der Waals surface area contributed by atoms with Crippen LogP contribution in [0.15, 0.2) is 28.7 Å². The van der Waals surface area contributed by atoms with Crippen LogP contribution in [0.3, 0.4) is 0 Å². The van der Waals surface area contributed by atoms with Crippen LogP contribution in [0, 0.1) is 0 Å². The van der Waals surface area contributed by atoms with Crippen LogP contribution in [-0.4, -0.2) is 32.3 Å². The lowest BCUT2D eigenvalue weighted by Gasteiger charge is -2.22. The molecule has 4 nitrogen and oxygen atoms in total. The van der Waals surface area contributed by atoms with E-state index in [4.69, 9.17) is 4.74 Å². The van der Waals surface area contributed by atoms with Gasteiger partial charge >= 0.3 is 6.09 Å². The first-order chi connectivity index (χ1) is 7.74. The number of carbonyl (C=O) groups is 1. The SMILES string of the molecule is CNCC1COC(=O)N1c1ccccc1Br. The molecule has 1 aromatic rings. The molecular weight excluding hydrogens is 272 g/mol. The van der Waals surface area contributed by atoms with Gasteiger partial charge in [-0.2, -0.15) is 0 Å². The lowest BCUT2D eigenvalue weighted by atomic mass is 10.2.